The molecule has 2 rings (SSSR count). The summed E-state index contributed by atoms with van der Waals surface area (Å²) in [7, 11) is 2.14. The van der Waals surface area contributed by atoms with Crippen molar-refractivity contribution in [2.45, 2.75) is 25.6 Å². The van der Waals surface area contributed by atoms with Crippen LogP contribution in [0.25, 0.3) is 11.2 Å². The number of fused-ring (bicyclic) bond motifs is 1. The van der Waals surface area contributed by atoms with Crippen LogP contribution in [0.4, 0.5) is 5.82 Å². The summed E-state index contributed by atoms with van der Waals surface area (Å²) in [5.41, 5.74) is 7.27. The lowest BCUT2D eigenvalue weighted by Gasteiger charge is -2.17. The van der Waals surface area contributed by atoms with Gasteiger partial charge in [-0.05, 0) is 12.3 Å². The maximum absolute atomic E-state index is 5.78. The number of thioether (sulfide) groups is 1. The van der Waals surface area contributed by atoms with Crippen LogP contribution in [0.5, 0.6) is 0 Å². The molecular weight excluding hydrogens is 272 g/mol. The SMILES string of the molecule is CC(C)SCCN(C)CCn1cnc2c(N)ncnc21. The highest BCUT2D eigenvalue weighted by Gasteiger charge is 2.08. The second kappa shape index (κ2) is 6.90. The lowest BCUT2D eigenvalue weighted by Crippen LogP contribution is -2.25. The predicted molar refractivity (Wildman–Crippen MR) is 84.8 cm³/mol. The molecule has 0 bridgehead atoms. The van der Waals surface area contributed by atoms with Crippen LogP contribution in [0.3, 0.4) is 0 Å². The summed E-state index contributed by atoms with van der Waals surface area (Å²) in [6.45, 7) is 7.37. The fourth-order valence-electron chi connectivity index (χ4n) is 1.90. The first-order valence-electron chi connectivity index (χ1n) is 6.79. The molecule has 2 N–H and O–H groups in total. The molecule has 0 aliphatic heterocycles. The van der Waals surface area contributed by atoms with E-state index in [0.29, 0.717) is 16.6 Å². The lowest BCUT2D eigenvalue weighted by molar-refractivity contribution is 0.339. The number of imidazole rings is 1. The van der Waals surface area contributed by atoms with Crippen molar-refractivity contribution in [3.63, 3.8) is 0 Å². The summed E-state index contributed by atoms with van der Waals surface area (Å²) in [6, 6.07) is 0. The molecule has 0 atom stereocenters. The van der Waals surface area contributed by atoms with Crippen molar-refractivity contribution in [2.75, 3.05) is 31.6 Å². The molecule has 20 heavy (non-hydrogen) atoms. The number of nitrogens with zero attached hydrogens (tertiary/aromatic N) is 5. The molecule has 110 valence electrons. The highest BCUT2D eigenvalue weighted by Crippen LogP contribution is 2.14. The second-order valence-corrected chi connectivity index (χ2v) is 6.78. The van der Waals surface area contributed by atoms with Crippen molar-refractivity contribution in [2.24, 2.45) is 0 Å². The van der Waals surface area contributed by atoms with Crippen molar-refractivity contribution < 1.29 is 0 Å². The van der Waals surface area contributed by atoms with Crippen molar-refractivity contribution >= 4 is 28.7 Å². The maximum Gasteiger partial charge on any atom is 0.165 e. The number of anilines is 1. The Hall–Kier alpha value is -1.34. The van der Waals surface area contributed by atoms with E-state index in [2.05, 4.69) is 40.7 Å². The number of likely N-dealkylation sites (N-methyl/N-ethyl adjacent to an activating group) is 1. The first-order valence-corrected chi connectivity index (χ1v) is 7.84. The van der Waals surface area contributed by atoms with Crippen LogP contribution >= 0.6 is 11.8 Å². The van der Waals surface area contributed by atoms with Gasteiger partial charge in [0.1, 0.15) is 11.8 Å². The van der Waals surface area contributed by atoms with Crippen molar-refractivity contribution in [3.8, 4) is 0 Å². The minimum atomic E-state index is 0.440. The number of aromatic nitrogens is 4. The highest BCUT2D eigenvalue weighted by atomic mass is 32.2. The monoisotopic (exact) mass is 294 g/mol. The minimum Gasteiger partial charge on any atom is -0.382 e. The fourth-order valence-corrected chi connectivity index (χ4v) is 2.79. The van der Waals surface area contributed by atoms with E-state index < -0.39 is 0 Å². The molecule has 0 aromatic carbocycles. The Morgan fingerprint density at radius 3 is 2.85 bits per heavy atom. The number of rotatable bonds is 7. The lowest BCUT2D eigenvalue weighted by atomic mass is 10.5. The van der Waals surface area contributed by atoms with Gasteiger partial charge < -0.3 is 15.2 Å². The number of nitrogen functional groups attached to an aromatic ring is 1. The average molecular weight is 294 g/mol. The molecule has 2 heterocycles. The van der Waals surface area contributed by atoms with Crippen LogP contribution in [0.1, 0.15) is 13.8 Å². The zero-order chi connectivity index (χ0) is 14.5. The summed E-state index contributed by atoms with van der Waals surface area (Å²) in [6.07, 6.45) is 3.27. The number of hydrogen-bond donors (Lipinski definition) is 1. The number of nitrogens with two attached hydrogens (primary N) is 1. The van der Waals surface area contributed by atoms with Gasteiger partial charge in [0.05, 0.1) is 6.33 Å². The smallest absolute Gasteiger partial charge is 0.165 e. The van der Waals surface area contributed by atoms with Gasteiger partial charge in [0.15, 0.2) is 11.5 Å². The molecule has 0 spiro atoms. The Balaban J connectivity index is 1.88. The first kappa shape index (κ1) is 15.1. The van der Waals surface area contributed by atoms with Crippen molar-refractivity contribution in [3.05, 3.63) is 12.7 Å². The topological polar surface area (TPSA) is 72.9 Å². The molecular formula is C13H22N6S. The molecule has 0 aliphatic rings. The van der Waals surface area contributed by atoms with Gasteiger partial charge in [-0.25, -0.2) is 15.0 Å². The Kier molecular flexibility index (Phi) is 5.19. The van der Waals surface area contributed by atoms with Gasteiger partial charge in [-0.2, -0.15) is 11.8 Å². The van der Waals surface area contributed by atoms with E-state index in [1.165, 1.54) is 6.33 Å². The van der Waals surface area contributed by atoms with Gasteiger partial charge in [-0.15, -0.1) is 0 Å². The van der Waals surface area contributed by atoms with Gasteiger partial charge in [-0.1, -0.05) is 13.8 Å². The van der Waals surface area contributed by atoms with E-state index >= 15 is 0 Å². The zero-order valence-electron chi connectivity index (χ0n) is 12.3. The third-order valence-corrected chi connectivity index (χ3v) is 4.16. The molecule has 2 aromatic rings. The van der Waals surface area contributed by atoms with Crippen LogP contribution < -0.4 is 5.73 Å². The van der Waals surface area contributed by atoms with Crippen LogP contribution in [0.2, 0.25) is 0 Å². The van der Waals surface area contributed by atoms with Crippen molar-refractivity contribution in [1.82, 2.24) is 24.4 Å². The third-order valence-electron chi connectivity index (χ3n) is 3.08. The zero-order valence-corrected chi connectivity index (χ0v) is 13.1. The van der Waals surface area contributed by atoms with Crippen LogP contribution in [-0.2, 0) is 6.54 Å². The standard InChI is InChI=1S/C13H22N6S/c1-10(2)20-7-6-18(3)4-5-19-9-17-11-12(14)15-8-16-13(11)19/h8-10H,4-7H2,1-3H3,(H2,14,15,16). The van der Waals surface area contributed by atoms with Crippen molar-refractivity contribution in [1.29, 1.82) is 0 Å². The molecule has 6 nitrogen and oxygen atoms in total. The highest BCUT2D eigenvalue weighted by molar-refractivity contribution is 7.99. The van der Waals surface area contributed by atoms with E-state index in [-0.39, 0.29) is 0 Å². The molecule has 0 amide bonds. The third kappa shape index (κ3) is 3.83. The summed E-state index contributed by atoms with van der Waals surface area (Å²) >= 11 is 1.99. The van der Waals surface area contributed by atoms with Gasteiger partial charge in [0.2, 0.25) is 0 Å². The largest absolute Gasteiger partial charge is 0.382 e. The molecule has 0 fully saturated rings. The summed E-state index contributed by atoms with van der Waals surface area (Å²) in [4.78, 5) is 14.8. The quantitative estimate of drug-likeness (QED) is 0.834. The van der Waals surface area contributed by atoms with E-state index in [0.717, 1.165) is 31.0 Å². The summed E-state index contributed by atoms with van der Waals surface area (Å²) < 4.78 is 2.03. The molecule has 0 aliphatic carbocycles. The van der Waals surface area contributed by atoms with Gasteiger partial charge in [-0.3, -0.25) is 0 Å². The van der Waals surface area contributed by atoms with E-state index in [4.69, 9.17) is 5.73 Å². The van der Waals surface area contributed by atoms with Crippen LogP contribution in [0.15, 0.2) is 12.7 Å². The molecule has 0 unspecified atom stereocenters. The minimum absolute atomic E-state index is 0.440. The van der Waals surface area contributed by atoms with Gasteiger partial charge in [0.25, 0.3) is 0 Å². The summed E-state index contributed by atoms with van der Waals surface area (Å²) in [5.74, 6) is 1.60. The second-order valence-electron chi connectivity index (χ2n) is 5.09. The maximum atomic E-state index is 5.78. The van der Waals surface area contributed by atoms with E-state index in [1.807, 2.05) is 16.3 Å². The van der Waals surface area contributed by atoms with Gasteiger partial charge >= 0.3 is 0 Å². The normalized spacial score (nSPS) is 11.8. The number of hydrogen-bond acceptors (Lipinski definition) is 6. The molecule has 0 saturated carbocycles. The predicted octanol–water partition coefficient (Wildman–Crippen LogP) is 1.48. The average Bonchev–Trinajstić information content (AvgIpc) is 2.80. The molecule has 0 saturated heterocycles. The first-order chi connectivity index (χ1) is 9.58. The Morgan fingerprint density at radius 1 is 1.30 bits per heavy atom. The Morgan fingerprint density at radius 2 is 2.10 bits per heavy atom. The van der Waals surface area contributed by atoms with Crippen LogP contribution in [-0.4, -0.2) is 55.6 Å². The molecule has 2 aromatic heterocycles. The van der Waals surface area contributed by atoms with Crippen LogP contribution in [0, 0.1) is 0 Å². The van der Waals surface area contributed by atoms with E-state index in [1.54, 1.807) is 6.33 Å². The Labute approximate surface area is 123 Å². The van der Waals surface area contributed by atoms with E-state index in [9.17, 15) is 0 Å². The van der Waals surface area contributed by atoms with Gasteiger partial charge in [0, 0.05) is 25.4 Å². The Bertz CT molecular complexity index is 553. The molecule has 0 radical (unpaired) electrons. The fraction of sp³-hybridized carbons (Fsp3) is 0.615. The molecule has 7 heteroatoms. The summed E-state index contributed by atoms with van der Waals surface area (Å²) in [5, 5.41) is 0.695.